The summed E-state index contributed by atoms with van der Waals surface area (Å²) in [7, 11) is 0. The molecule has 2 nitrogen and oxygen atoms in total. The minimum absolute atomic E-state index is 0.0164. The maximum absolute atomic E-state index is 12.0. The Morgan fingerprint density at radius 3 is 2.47 bits per heavy atom. The monoisotopic (exact) mass is 233 g/mol. The highest BCUT2D eigenvalue weighted by atomic mass is 16.1. The second-order valence-corrected chi connectivity index (χ2v) is 4.35. The number of unbranched alkanes of at least 4 members (excludes halogenated alkanes) is 2. The van der Waals surface area contributed by atoms with Gasteiger partial charge in [0.05, 0.1) is 5.92 Å². The average molecular weight is 233 g/mol. The van der Waals surface area contributed by atoms with Crippen LogP contribution in [0, 0.1) is 0 Å². The molecule has 1 rings (SSSR count). The molecule has 0 radical (unpaired) electrons. The Labute approximate surface area is 104 Å². The van der Waals surface area contributed by atoms with E-state index in [9.17, 15) is 4.79 Å². The average Bonchev–Trinajstić information content (AvgIpc) is 2.36. The lowest BCUT2D eigenvalue weighted by molar-refractivity contribution is -0.122. The molecule has 1 amide bonds. The van der Waals surface area contributed by atoms with Gasteiger partial charge in [-0.3, -0.25) is 4.79 Å². The van der Waals surface area contributed by atoms with Crippen LogP contribution in [-0.4, -0.2) is 12.5 Å². The first kappa shape index (κ1) is 13.8. The Morgan fingerprint density at radius 1 is 1.18 bits per heavy atom. The van der Waals surface area contributed by atoms with Crippen molar-refractivity contribution < 1.29 is 4.79 Å². The van der Waals surface area contributed by atoms with E-state index in [1.165, 1.54) is 12.8 Å². The normalized spacial score (nSPS) is 12.1. The summed E-state index contributed by atoms with van der Waals surface area (Å²) >= 11 is 0. The van der Waals surface area contributed by atoms with Crippen molar-refractivity contribution >= 4 is 5.91 Å². The minimum atomic E-state index is 0.0164. The number of nitrogens with one attached hydrogen (secondary N) is 1. The van der Waals surface area contributed by atoms with Crippen LogP contribution in [0.25, 0.3) is 0 Å². The van der Waals surface area contributed by atoms with E-state index in [2.05, 4.69) is 12.2 Å². The van der Waals surface area contributed by atoms with Crippen LogP contribution < -0.4 is 5.32 Å². The highest BCUT2D eigenvalue weighted by molar-refractivity contribution is 5.83. The van der Waals surface area contributed by atoms with Gasteiger partial charge in [-0.1, -0.05) is 56.5 Å². The van der Waals surface area contributed by atoms with Crippen LogP contribution in [0.5, 0.6) is 0 Å². The van der Waals surface area contributed by atoms with Crippen LogP contribution in [0.3, 0.4) is 0 Å². The minimum Gasteiger partial charge on any atom is -0.356 e. The number of rotatable bonds is 7. The number of hydrogen-bond acceptors (Lipinski definition) is 1. The summed E-state index contributed by atoms with van der Waals surface area (Å²) in [6.45, 7) is 4.85. The van der Waals surface area contributed by atoms with Gasteiger partial charge in [0, 0.05) is 6.54 Å². The molecule has 0 aliphatic heterocycles. The Morgan fingerprint density at radius 2 is 1.88 bits per heavy atom. The second kappa shape index (κ2) is 7.88. The molecule has 0 aliphatic rings. The van der Waals surface area contributed by atoms with E-state index in [-0.39, 0.29) is 11.8 Å². The Hall–Kier alpha value is -1.31. The standard InChI is InChI=1S/C15H23NO/c1-3-5-7-12-14(15(17)16-4-2)13-10-8-6-9-11-13/h6,8-11,14H,3-5,7,12H2,1-2H3,(H,16,17). The summed E-state index contributed by atoms with van der Waals surface area (Å²) in [4.78, 5) is 12.0. The SMILES string of the molecule is CCCCCC(C(=O)NCC)c1ccccc1. The topological polar surface area (TPSA) is 29.1 Å². The quantitative estimate of drug-likeness (QED) is 0.718. The molecule has 94 valence electrons. The van der Waals surface area contributed by atoms with E-state index in [0.29, 0.717) is 6.54 Å². The molecule has 0 aromatic heterocycles. The number of hydrogen-bond donors (Lipinski definition) is 1. The van der Waals surface area contributed by atoms with Crippen molar-refractivity contribution in [1.82, 2.24) is 5.32 Å². The number of benzene rings is 1. The van der Waals surface area contributed by atoms with E-state index in [1.54, 1.807) is 0 Å². The first-order chi connectivity index (χ1) is 8.29. The Bertz CT molecular complexity index is 321. The maximum atomic E-state index is 12.0. The molecule has 0 heterocycles. The molecule has 1 aromatic rings. The van der Waals surface area contributed by atoms with Gasteiger partial charge in [0.2, 0.25) is 5.91 Å². The third-order valence-electron chi connectivity index (χ3n) is 2.97. The Kier molecular flexibility index (Phi) is 6.38. The predicted octanol–water partition coefficient (Wildman–Crippen LogP) is 3.49. The lowest BCUT2D eigenvalue weighted by Crippen LogP contribution is -2.29. The highest BCUT2D eigenvalue weighted by Crippen LogP contribution is 2.22. The first-order valence-electron chi connectivity index (χ1n) is 6.62. The van der Waals surface area contributed by atoms with Gasteiger partial charge >= 0.3 is 0 Å². The zero-order chi connectivity index (χ0) is 12.5. The summed E-state index contributed by atoms with van der Waals surface area (Å²) in [5.74, 6) is 0.178. The molecular weight excluding hydrogens is 210 g/mol. The van der Waals surface area contributed by atoms with Crippen LogP contribution in [0.15, 0.2) is 30.3 Å². The number of carbonyl (C=O) groups excluding carboxylic acids is 1. The van der Waals surface area contributed by atoms with Gasteiger partial charge < -0.3 is 5.32 Å². The molecule has 1 aromatic carbocycles. The van der Waals surface area contributed by atoms with E-state index < -0.39 is 0 Å². The Balaban J connectivity index is 2.68. The van der Waals surface area contributed by atoms with Crippen molar-refractivity contribution in [2.24, 2.45) is 0 Å². The van der Waals surface area contributed by atoms with Gasteiger partial charge in [0.15, 0.2) is 0 Å². The van der Waals surface area contributed by atoms with Crippen molar-refractivity contribution in [3.63, 3.8) is 0 Å². The van der Waals surface area contributed by atoms with Crippen molar-refractivity contribution in [3.05, 3.63) is 35.9 Å². The molecule has 1 unspecified atom stereocenters. The second-order valence-electron chi connectivity index (χ2n) is 4.35. The molecule has 17 heavy (non-hydrogen) atoms. The highest BCUT2D eigenvalue weighted by Gasteiger charge is 2.18. The lowest BCUT2D eigenvalue weighted by Gasteiger charge is -2.16. The zero-order valence-electron chi connectivity index (χ0n) is 10.9. The molecule has 0 saturated heterocycles. The third kappa shape index (κ3) is 4.59. The summed E-state index contributed by atoms with van der Waals surface area (Å²) < 4.78 is 0. The molecule has 1 atom stereocenters. The third-order valence-corrected chi connectivity index (χ3v) is 2.97. The van der Waals surface area contributed by atoms with Gasteiger partial charge in [-0.05, 0) is 18.9 Å². The fraction of sp³-hybridized carbons (Fsp3) is 0.533. The van der Waals surface area contributed by atoms with Crippen LogP contribution in [0.4, 0.5) is 0 Å². The van der Waals surface area contributed by atoms with Gasteiger partial charge in [0.25, 0.3) is 0 Å². The van der Waals surface area contributed by atoms with Crippen LogP contribution in [0.1, 0.15) is 51.0 Å². The van der Waals surface area contributed by atoms with Crippen LogP contribution >= 0.6 is 0 Å². The van der Waals surface area contributed by atoms with E-state index in [0.717, 1.165) is 18.4 Å². The van der Waals surface area contributed by atoms with Crippen LogP contribution in [0.2, 0.25) is 0 Å². The summed E-state index contributed by atoms with van der Waals surface area (Å²) in [5.41, 5.74) is 1.13. The van der Waals surface area contributed by atoms with E-state index in [1.807, 2.05) is 37.3 Å². The van der Waals surface area contributed by atoms with Crippen molar-refractivity contribution in [1.29, 1.82) is 0 Å². The van der Waals surface area contributed by atoms with Crippen molar-refractivity contribution in [2.75, 3.05) is 6.54 Å². The van der Waals surface area contributed by atoms with Gasteiger partial charge in [-0.15, -0.1) is 0 Å². The molecule has 0 saturated carbocycles. The van der Waals surface area contributed by atoms with E-state index in [4.69, 9.17) is 0 Å². The molecule has 0 aliphatic carbocycles. The van der Waals surface area contributed by atoms with Gasteiger partial charge in [-0.25, -0.2) is 0 Å². The predicted molar refractivity (Wildman–Crippen MR) is 72.0 cm³/mol. The fourth-order valence-corrected chi connectivity index (χ4v) is 2.03. The van der Waals surface area contributed by atoms with Crippen LogP contribution in [-0.2, 0) is 4.79 Å². The molecular formula is C15H23NO. The summed E-state index contributed by atoms with van der Waals surface area (Å²) in [6.07, 6.45) is 4.45. The maximum Gasteiger partial charge on any atom is 0.227 e. The van der Waals surface area contributed by atoms with Crippen molar-refractivity contribution in [3.8, 4) is 0 Å². The largest absolute Gasteiger partial charge is 0.356 e. The first-order valence-corrected chi connectivity index (χ1v) is 6.62. The molecule has 0 fully saturated rings. The number of likely N-dealkylation sites (N-methyl/N-ethyl adjacent to an activating group) is 1. The van der Waals surface area contributed by atoms with Gasteiger partial charge in [-0.2, -0.15) is 0 Å². The molecule has 2 heteroatoms. The molecule has 1 N–H and O–H groups in total. The number of amides is 1. The van der Waals surface area contributed by atoms with Gasteiger partial charge in [0.1, 0.15) is 0 Å². The summed E-state index contributed by atoms with van der Waals surface area (Å²) in [5, 5.41) is 2.93. The smallest absolute Gasteiger partial charge is 0.227 e. The van der Waals surface area contributed by atoms with E-state index >= 15 is 0 Å². The number of carbonyl (C=O) groups is 1. The fourth-order valence-electron chi connectivity index (χ4n) is 2.03. The zero-order valence-corrected chi connectivity index (χ0v) is 10.9. The molecule has 0 bridgehead atoms. The molecule has 0 spiro atoms. The lowest BCUT2D eigenvalue weighted by atomic mass is 9.92. The summed E-state index contributed by atoms with van der Waals surface area (Å²) in [6, 6.07) is 10.1. The van der Waals surface area contributed by atoms with Crippen molar-refractivity contribution in [2.45, 2.75) is 45.4 Å².